The molecule has 2 amide bonds. The van der Waals surface area contributed by atoms with Gasteiger partial charge in [-0.05, 0) is 46.7 Å². The summed E-state index contributed by atoms with van der Waals surface area (Å²) in [4.78, 5) is 30.6. The van der Waals surface area contributed by atoms with Gasteiger partial charge in [0.05, 0.1) is 24.4 Å². The molecule has 10 nitrogen and oxygen atoms in total. The van der Waals surface area contributed by atoms with Crippen molar-refractivity contribution in [2.45, 2.75) is 52.1 Å². The molecule has 0 saturated carbocycles. The van der Waals surface area contributed by atoms with E-state index in [0.29, 0.717) is 48.9 Å². The van der Waals surface area contributed by atoms with Crippen LogP contribution in [-0.4, -0.2) is 69.8 Å². The van der Waals surface area contributed by atoms with Gasteiger partial charge in [0.15, 0.2) is 0 Å². The second-order valence-electron chi connectivity index (χ2n) is 8.46. The first-order valence-corrected chi connectivity index (χ1v) is 10.4. The highest BCUT2D eigenvalue weighted by molar-refractivity contribution is 5.86. The van der Waals surface area contributed by atoms with Crippen molar-refractivity contribution in [1.82, 2.24) is 30.6 Å². The van der Waals surface area contributed by atoms with Crippen LogP contribution in [0.4, 0.5) is 0 Å². The Morgan fingerprint density at radius 3 is 2.77 bits per heavy atom. The number of carbonyl (C=O) groups excluding carboxylic acids is 2. The molecule has 10 heteroatoms. The van der Waals surface area contributed by atoms with Crippen molar-refractivity contribution in [1.29, 1.82) is 0 Å². The predicted molar refractivity (Wildman–Crippen MR) is 105 cm³/mol. The van der Waals surface area contributed by atoms with E-state index < -0.39 is 5.41 Å². The monoisotopic (exact) mass is 416 g/mol. The number of aryl methyl sites for hydroxylation is 2. The maximum absolute atomic E-state index is 13.4. The Kier molecular flexibility index (Phi) is 5.59. The second kappa shape index (κ2) is 8.17. The van der Waals surface area contributed by atoms with Gasteiger partial charge in [-0.3, -0.25) is 9.59 Å². The van der Waals surface area contributed by atoms with Crippen LogP contribution in [0, 0.1) is 19.3 Å². The van der Waals surface area contributed by atoms with Crippen molar-refractivity contribution < 1.29 is 18.7 Å². The van der Waals surface area contributed by atoms with Crippen LogP contribution in [0.15, 0.2) is 15.2 Å². The standard InChI is InChI=1S/C20H28N6O4/c1-13-9-15(23-29-13)11-21-19(28)20-5-4-7-26(17(20)12-25(3)8-6-20)18(27)10-16-14(2)22-30-24-16/h9,17H,4-8,10-12H2,1-3H3,(H,21,28)/t17-,20+/m0/s1. The van der Waals surface area contributed by atoms with E-state index in [-0.39, 0.29) is 24.3 Å². The third-order valence-corrected chi connectivity index (χ3v) is 6.40. The average molecular weight is 416 g/mol. The molecule has 30 heavy (non-hydrogen) atoms. The maximum atomic E-state index is 13.4. The lowest BCUT2D eigenvalue weighted by molar-refractivity contribution is -0.153. The van der Waals surface area contributed by atoms with Gasteiger partial charge in [0.1, 0.15) is 22.8 Å². The number of hydrogen-bond donors (Lipinski definition) is 1. The summed E-state index contributed by atoms with van der Waals surface area (Å²) >= 11 is 0. The van der Waals surface area contributed by atoms with E-state index in [1.807, 2.05) is 24.9 Å². The molecule has 2 aliphatic rings. The molecular weight excluding hydrogens is 388 g/mol. The lowest BCUT2D eigenvalue weighted by Crippen LogP contribution is -2.66. The first-order chi connectivity index (χ1) is 14.4. The van der Waals surface area contributed by atoms with Gasteiger partial charge in [0.25, 0.3) is 0 Å². The van der Waals surface area contributed by atoms with Gasteiger partial charge in [0, 0.05) is 19.2 Å². The third-order valence-electron chi connectivity index (χ3n) is 6.40. The van der Waals surface area contributed by atoms with Gasteiger partial charge in [-0.1, -0.05) is 15.5 Å². The Balaban J connectivity index is 1.53. The third kappa shape index (κ3) is 3.83. The minimum Gasteiger partial charge on any atom is -0.361 e. The number of likely N-dealkylation sites (tertiary alicyclic amines) is 2. The summed E-state index contributed by atoms with van der Waals surface area (Å²) in [6.45, 7) is 6.03. The van der Waals surface area contributed by atoms with Crippen LogP contribution in [0.5, 0.6) is 0 Å². The molecule has 0 spiro atoms. The molecular formula is C20H28N6O4. The summed E-state index contributed by atoms with van der Waals surface area (Å²) in [5.74, 6) is 0.651. The molecule has 4 rings (SSSR count). The number of carbonyl (C=O) groups is 2. The molecule has 2 saturated heterocycles. The van der Waals surface area contributed by atoms with E-state index in [2.05, 4.69) is 25.7 Å². The van der Waals surface area contributed by atoms with Gasteiger partial charge in [-0.25, -0.2) is 4.63 Å². The number of piperidine rings is 2. The highest BCUT2D eigenvalue weighted by atomic mass is 16.6. The van der Waals surface area contributed by atoms with Gasteiger partial charge in [0.2, 0.25) is 11.8 Å². The number of aromatic nitrogens is 3. The highest BCUT2D eigenvalue weighted by Crippen LogP contribution is 2.42. The topological polar surface area (TPSA) is 118 Å². The molecule has 162 valence electrons. The molecule has 0 aliphatic carbocycles. The Morgan fingerprint density at radius 2 is 2.07 bits per heavy atom. The summed E-state index contributed by atoms with van der Waals surface area (Å²) in [6, 6.07) is 1.63. The SMILES string of the molecule is Cc1cc(CNC(=O)[C@@]23CCCN(C(=O)Cc4nonc4C)[C@H]2CN(C)CC3)no1. The van der Waals surface area contributed by atoms with E-state index >= 15 is 0 Å². The fourth-order valence-corrected chi connectivity index (χ4v) is 4.71. The average Bonchev–Trinajstić information content (AvgIpc) is 3.33. The Bertz CT molecular complexity index is 924. The lowest BCUT2D eigenvalue weighted by Gasteiger charge is -2.53. The fraction of sp³-hybridized carbons (Fsp3) is 0.650. The molecule has 2 aromatic rings. The number of rotatable bonds is 5. The minimum absolute atomic E-state index is 0.0157. The van der Waals surface area contributed by atoms with E-state index in [0.717, 1.165) is 19.4 Å². The molecule has 2 aromatic heterocycles. The van der Waals surface area contributed by atoms with Gasteiger partial charge in [-0.15, -0.1) is 0 Å². The van der Waals surface area contributed by atoms with E-state index in [1.165, 1.54) is 0 Å². The van der Waals surface area contributed by atoms with Crippen LogP contribution in [0.1, 0.15) is 42.1 Å². The molecule has 2 atom stereocenters. The normalized spacial score (nSPS) is 24.5. The number of nitrogens with zero attached hydrogens (tertiary/aromatic N) is 5. The van der Waals surface area contributed by atoms with Crippen LogP contribution >= 0.6 is 0 Å². The van der Waals surface area contributed by atoms with E-state index in [9.17, 15) is 9.59 Å². The largest absolute Gasteiger partial charge is 0.361 e. The molecule has 0 bridgehead atoms. The molecule has 2 aliphatic heterocycles. The molecule has 0 aromatic carbocycles. The Hall–Kier alpha value is -2.75. The van der Waals surface area contributed by atoms with Crippen LogP contribution in [0.3, 0.4) is 0 Å². The van der Waals surface area contributed by atoms with Crippen molar-refractivity contribution in [3.05, 3.63) is 28.9 Å². The number of likely N-dealkylation sites (N-methyl/N-ethyl adjacent to an activating group) is 1. The summed E-state index contributed by atoms with van der Waals surface area (Å²) in [5.41, 5.74) is 1.26. The van der Waals surface area contributed by atoms with Crippen LogP contribution in [-0.2, 0) is 22.6 Å². The number of hydrogen-bond acceptors (Lipinski definition) is 8. The highest BCUT2D eigenvalue weighted by Gasteiger charge is 2.53. The van der Waals surface area contributed by atoms with Crippen LogP contribution < -0.4 is 5.32 Å². The first-order valence-electron chi connectivity index (χ1n) is 10.4. The summed E-state index contributed by atoms with van der Waals surface area (Å²) in [7, 11) is 2.03. The summed E-state index contributed by atoms with van der Waals surface area (Å²) in [6.07, 6.45) is 2.40. The predicted octanol–water partition coefficient (Wildman–Crippen LogP) is 0.846. The molecule has 4 heterocycles. The van der Waals surface area contributed by atoms with Crippen molar-refractivity contribution >= 4 is 11.8 Å². The van der Waals surface area contributed by atoms with Crippen LogP contribution in [0.2, 0.25) is 0 Å². The van der Waals surface area contributed by atoms with E-state index in [1.54, 1.807) is 6.92 Å². The second-order valence-corrected chi connectivity index (χ2v) is 8.46. The van der Waals surface area contributed by atoms with Crippen LogP contribution in [0.25, 0.3) is 0 Å². The van der Waals surface area contributed by atoms with Crippen molar-refractivity contribution in [3.8, 4) is 0 Å². The smallest absolute Gasteiger partial charge is 0.229 e. The lowest BCUT2D eigenvalue weighted by atomic mass is 9.67. The molecule has 2 fully saturated rings. The van der Waals surface area contributed by atoms with Gasteiger partial charge in [-0.2, -0.15) is 0 Å². The van der Waals surface area contributed by atoms with E-state index in [4.69, 9.17) is 9.15 Å². The van der Waals surface area contributed by atoms with Gasteiger partial charge >= 0.3 is 0 Å². The zero-order chi connectivity index (χ0) is 21.3. The quantitative estimate of drug-likeness (QED) is 0.762. The minimum atomic E-state index is -0.601. The van der Waals surface area contributed by atoms with Crippen molar-refractivity contribution in [3.63, 3.8) is 0 Å². The zero-order valence-electron chi connectivity index (χ0n) is 17.7. The first kappa shape index (κ1) is 20.5. The fourth-order valence-electron chi connectivity index (χ4n) is 4.71. The number of nitrogens with one attached hydrogen (secondary N) is 1. The summed E-state index contributed by atoms with van der Waals surface area (Å²) < 4.78 is 9.82. The van der Waals surface area contributed by atoms with Crippen molar-refractivity contribution in [2.24, 2.45) is 5.41 Å². The Labute approximate surface area is 174 Å². The molecule has 0 radical (unpaired) electrons. The molecule has 0 unspecified atom stereocenters. The van der Waals surface area contributed by atoms with Crippen molar-refractivity contribution in [2.75, 3.05) is 26.7 Å². The maximum Gasteiger partial charge on any atom is 0.229 e. The number of fused-ring (bicyclic) bond motifs is 1. The zero-order valence-corrected chi connectivity index (χ0v) is 17.7. The van der Waals surface area contributed by atoms with Gasteiger partial charge < -0.3 is 19.6 Å². The summed E-state index contributed by atoms with van der Waals surface area (Å²) in [5, 5.41) is 14.6. The molecule has 1 N–H and O–H groups in total. The number of amides is 2. The Morgan fingerprint density at radius 1 is 1.23 bits per heavy atom.